The van der Waals surface area contributed by atoms with Crippen molar-refractivity contribution in [1.29, 1.82) is 0 Å². The van der Waals surface area contributed by atoms with Crippen molar-refractivity contribution < 1.29 is 5.11 Å². The van der Waals surface area contributed by atoms with Crippen molar-refractivity contribution in [3.05, 3.63) is 23.1 Å². The van der Waals surface area contributed by atoms with Crippen LogP contribution in [0, 0.1) is 6.92 Å². The molecule has 0 spiro atoms. The van der Waals surface area contributed by atoms with Gasteiger partial charge in [0.15, 0.2) is 5.65 Å². The molecular weight excluding hydrogens is 359 g/mol. The fraction of sp³-hybridized carbons (Fsp3) is 0.600. The number of rotatable bonds is 4. The average molecular weight is 382 g/mol. The Hall–Kier alpha value is -0.590. The average Bonchev–Trinajstić information content (AvgIpc) is 2.89. The zero-order valence-electron chi connectivity index (χ0n) is 13.0. The summed E-state index contributed by atoms with van der Waals surface area (Å²) in [6.45, 7) is 3.83. The molecule has 0 aliphatic carbocycles. The van der Waals surface area contributed by atoms with Crippen LogP contribution in [-0.4, -0.2) is 38.3 Å². The number of hydrogen-bond acceptors (Lipinski definition) is 4. The summed E-state index contributed by atoms with van der Waals surface area (Å²) in [4.78, 5) is 8.80. The molecule has 0 saturated carbocycles. The first-order valence-corrected chi connectivity index (χ1v) is 7.92. The minimum absolute atomic E-state index is 0. The maximum Gasteiger partial charge on any atom is 0.160 e. The van der Waals surface area contributed by atoms with Crippen LogP contribution in [0.5, 0.6) is 0 Å². The quantitative estimate of drug-likeness (QED) is 0.854. The largest absolute Gasteiger partial charge is 0.392 e. The molecule has 0 aromatic carbocycles. The van der Waals surface area contributed by atoms with Crippen molar-refractivity contribution in [2.45, 2.75) is 51.3 Å². The molecule has 5 nitrogen and oxygen atoms in total. The molecule has 3 rings (SSSR count). The van der Waals surface area contributed by atoms with Crippen LogP contribution < -0.4 is 5.32 Å². The summed E-state index contributed by atoms with van der Waals surface area (Å²) in [5.41, 5.74) is 2.73. The molecule has 0 amide bonds. The minimum atomic E-state index is -0.211. The van der Waals surface area contributed by atoms with E-state index in [1.54, 1.807) is 6.20 Å². The highest BCUT2D eigenvalue weighted by Gasteiger charge is 2.21. The number of aryl methyl sites for hydroxylation is 2. The van der Waals surface area contributed by atoms with Crippen LogP contribution in [-0.2, 0) is 6.54 Å². The lowest BCUT2D eigenvalue weighted by Gasteiger charge is -2.28. The number of piperidine rings is 1. The molecule has 1 fully saturated rings. The summed E-state index contributed by atoms with van der Waals surface area (Å²) in [6.07, 6.45) is 7.23. The third-order valence-electron chi connectivity index (χ3n) is 4.29. The lowest BCUT2D eigenvalue weighted by molar-refractivity contribution is 0.0909. The fourth-order valence-corrected chi connectivity index (χ4v) is 3.12. The van der Waals surface area contributed by atoms with Crippen LogP contribution in [0.3, 0.4) is 0 Å². The van der Waals surface area contributed by atoms with Gasteiger partial charge < -0.3 is 15.0 Å². The first kappa shape index (κ1) is 20.5. The number of aliphatic hydroxyl groups is 1. The Morgan fingerprint density at radius 3 is 2.91 bits per heavy atom. The maximum atomic E-state index is 9.96. The number of hydrogen-bond donors (Lipinski definition) is 2. The molecule has 0 unspecified atom stereocenters. The molecule has 2 aromatic heterocycles. The number of halogens is 3. The van der Waals surface area contributed by atoms with Gasteiger partial charge in [-0.25, -0.2) is 9.97 Å². The molecule has 0 radical (unpaired) electrons. The van der Waals surface area contributed by atoms with E-state index >= 15 is 0 Å². The molecule has 2 N–H and O–H groups in total. The van der Waals surface area contributed by atoms with Crippen LogP contribution in [0.15, 0.2) is 12.5 Å². The van der Waals surface area contributed by atoms with E-state index in [-0.39, 0.29) is 37.0 Å². The lowest BCUT2D eigenvalue weighted by atomic mass is 9.97. The Bertz CT molecular complexity index is 634. The van der Waals surface area contributed by atoms with E-state index in [9.17, 15) is 5.11 Å². The second kappa shape index (κ2) is 9.04. The highest BCUT2D eigenvalue weighted by atomic mass is 35.5. The van der Waals surface area contributed by atoms with Gasteiger partial charge in [-0.05, 0) is 44.7 Å². The Morgan fingerprint density at radius 2 is 2.17 bits per heavy atom. The molecule has 1 aliphatic heterocycles. The molecule has 1 saturated heterocycles. The minimum Gasteiger partial charge on any atom is -0.392 e. The fourth-order valence-electron chi connectivity index (χ4n) is 2.98. The van der Waals surface area contributed by atoms with Crippen LogP contribution in [0.2, 0.25) is 5.02 Å². The molecule has 2 atom stereocenters. The number of aromatic nitrogens is 3. The van der Waals surface area contributed by atoms with Gasteiger partial charge in [-0.2, -0.15) is 0 Å². The SMILES string of the molecule is Cc1c(Cl)cnc2c1ncn2CCC[C@H]1NCCC[C@@H]1O.Cl.Cl. The van der Waals surface area contributed by atoms with E-state index in [1.165, 1.54) is 0 Å². The zero-order valence-corrected chi connectivity index (χ0v) is 15.4. The number of imidazole rings is 1. The summed E-state index contributed by atoms with van der Waals surface area (Å²) < 4.78 is 2.06. The maximum absolute atomic E-state index is 9.96. The second-order valence-electron chi connectivity index (χ2n) is 5.75. The predicted octanol–water partition coefficient (Wildman–Crippen LogP) is 3.13. The highest BCUT2D eigenvalue weighted by Crippen LogP contribution is 2.22. The summed E-state index contributed by atoms with van der Waals surface area (Å²) >= 11 is 6.07. The number of nitrogens with one attached hydrogen (secondary N) is 1. The van der Waals surface area contributed by atoms with Gasteiger partial charge in [-0.1, -0.05) is 11.6 Å². The number of pyridine rings is 1. The first-order valence-electron chi connectivity index (χ1n) is 7.54. The summed E-state index contributed by atoms with van der Waals surface area (Å²) in [6, 6.07) is 0.220. The monoisotopic (exact) mass is 380 g/mol. The van der Waals surface area contributed by atoms with Gasteiger partial charge in [0.05, 0.1) is 17.5 Å². The Balaban J connectivity index is 0.00000132. The van der Waals surface area contributed by atoms with E-state index in [0.717, 1.165) is 55.5 Å². The van der Waals surface area contributed by atoms with E-state index in [4.69, 9.17) is 11.6 Å². The van der Waals surface area contributed by atoms with Gasteiger partial charge in [-0.3, -0.25) is 0 Å². The van der Waals surface area contributed by atoms with Crippen molar-refractivity contribution >= 4 is 47.6 Å². The van der Waals surface area contributed by atoms with E-state index in [1.807, 2.05) is 13.3 Å². The number of nitrogens with zero attached hydrogens (tertiary/aromatic N) is 3. The third-order valence-corrected chi connectivity index (χ3v) is 4.67. The molecule has 2 aromatic rings. The van der Waals surface area contributed by atoms with E-state index < -0.39 is 0 Å². The molecule has 23 heavy (non-hydrogen) atoms. The standard InChI is InChI=1S/C15H21ClN4O.2ClH/c1-10-11(16)8-18-15-14(10)19-9-20(15)7-3-4-12-13(21)5-2-6-17-12;;/h8-9,12-13,17,21H,2-7H2,1H3;2*1H/t12-,13+;;/m1../s1. The van der Waals surface area contributed by atoms with Crippen LogP contribution >= 0.6 is 36.4 Å². The summed E-state index contributed by atoms with van der Waals surface area (Å²) in [5.74, 6) is 0. The van der Waals surface area contributed by atoms with E-state index in [0.29, 0.717) is 5.02 Å². The van der Waals surface area contributed by atoms with Gasteiger partial charge in [0.25, 0.3) is 0 Å². The molecule has 3 heterocycles. The van der Waals surface area contributed by atoms with Crippen molar-refractivity contribution in [1.82, 2.24) is 19.9 Å². The van der Waals surface area contributed by atoms with Gasteiger partial charge >= 0.3 is 0 Å². The van der Waals surface area contributed by atoms with Crippen molar-refractivity contribution in [3.63, 3.8) is 0 Å². The lowest BCUT2D eigenvalue weighted by Crippen LogP contribution is -2.44. The van der Waals surface area contributed by atoms with E-state index in [2.05, 4.69) is 19.9 Å². The van der Waals surface area contributed by atoms with Gasteiger partial charge in [0, 0.05) is 18.8 Å². The summed E-state index contributed by atoms with van der Waals surface area (Å²) in [5, 5.41) is 14.0. The van der Waals surface area contributed by atoms with Crippen LogP contribution in [0.4, 0.5) is 0 Å². The highest BCUT2D eigenvalue weighted by molar-refractivity contribution is 6.31. The van der Waals surface area contributed by atoms with Gasteiger partial charge in [0.2, 0.25) is 0 Å². The van der Waals surface area contributed by atoms with Crippen molar-refractivity contribution in [2.75, 3.05) is 6.54 Å². The van der Waals surface area contributed by atoms with Crippen molar-refractivity contribution in [2.24, 2.45) is 0 Å². The van der Waals surface area contributed by atoms with Crippen LogP contribution in [0.1, 0.15) is 31.2 Å². The summed E-state index contributed by atoms with van der Waals surface area (Å²) in [7, 11) is 0. The molecular formula is C15H23Cl3N4O. The third kappa shape index (κ3) is 4.48. The Labute approximate surface area is 153 Å². The molecule has 1 aliphatic rings. The second-order valence-corrected chi connectivity index (χ2v) is 6.16. The van der Waals surface area contributed by atoms with Gasteiger partial charge in [-0.15, -0.1) is 24.8 Å². The Kier molecular flexibility index (Phi) is 8.04. The zero-order chi connectivity index (χ0) is 14.8. The molecule has 0 bridgehead atoms. The Morgan fingerprint density at radius 1 is 1.39 bits per heavy atom. The smallest absolute Gasteiger partial charge is 0.160 e. The predicted molar refractivity (Wildman–Crippen MR) is 98.0 cm³/mol. The molecule has 130 valence electrons. The first-order chi connectivity index (χ1) is 10.2. The van der Waals surface area contributed by atoms with Crippen LogP contribution in [0.25, 0.3) is 11.2 Å². The topological polar surface area (TPSA) is 63.0 Å². The van der Waals surface area contributed by atoms with Gasteiger partial charge in [0.1, 0.15) is 5.52 Å². The normalized spacial score (nSPS) is 20.8. The number of aliphatic hydroxyl groups excluding tert-OH is 1. The molecule has 8 heteroatoms. The number of fused-ring (bicyclic) bond motifs is 1. The van der Waals surface area contributed by atoms with Crippen molar-refractivity contribution in [3.8, 4) is 0 Å².